The number of halogens is 3. The van der Waals surface area contributed by atoms with E-state index in [1.54, 1.807) is 6.07 Å². The lowest BCUT2D eigenvalue weighted by Gasteiger charge is -2.09. The van der Waals surface area contributed by atoms with Crippen molar-refractivity contribution in [1.82, 2.24) is 0 Å². The summed E-state index contributed by atoms with van der Waals surface area (Å²) in [4.78, 5) is 11.5. The average molecular weight is 432 g/mol. The Balaban J connectivity index is 1.65. The third kappa shape index (κ3) is 5.26. The highest BCUT2D eigenvalue weighted by atomic mass is 32.2. The Morgan fingerprint density at radius 3 is 2.13 bits per heavy atom. The average Bonchev–Trinajstić information content (AvgIpc) is 2.70. The van der Waals surface area contributed by atoms with Crippen LogP contribution in [0.15, 0.2) is 77.7 Å². The third-order valence-electron chi connectivity index (χ3n) is 3.93. The summed E-state index contributed by atoms with van der Waals surface area (Å²) in [5.74, 6) is -3.40. The van der Waals surface area contributed by atoms with Crippen molar-refractivity contribution in [2.24, 2.45) is 0 Å². The van der Waals surface area contributed by atoms with Crippen LogP contribution in [0.3, 0.4) is 0 Å². The molecule has 5 nitrogen and oxygen atoms in total. The van der Waals surface area contributed by atoms with E-state index < -0.39 is 38.3 Å². The van der Waals surface area contributed by atoms with Gasteiger partial charge in [-0.1, -0.05) is 18.2 Å². The molecule has 3 aromatic carbocycles. The topological polar surface area (TPSA) is 75.3 Å². The molecule has 0 unspecified atom stereocenters. The van der Waals surface area contributed by atoms with Gasteiger partial charge < -0.3 is 5.32 Å². The predicted octanol–water partition coefficient (Wildman–Crippen LogP) is 4.56. The highest BCUT2D eigenvalue weighted by Crippen LogP contribution is 2.20. The molecule has 0 atom stereocenters. The molecule has 0 heterocycles. The third-order valence-corrected chi connectivity index (χ3v) is 5.30. The van der Waals surface area contributed by atoms with Crippen molar-refractivity contribution in [2.45, 2.75) is 4.90 Å². The molecular weight excluding hydrogens is 417 g/mol. The van der Waals surface area contributed by atoms with Gasteiger partial charge in [-0.2, -0.15) is 0 Å². The molecule has 2 N–H and O–H groups in total. The van der Waals surface area contributed by atoms with Crippen LogP contribution in [0.2, 0.25) is 0 Å². The monoisotopic (exact) mass is 432 g/mol. The van der Waals surface area contributed by atoms with Gasteiger partial charge in [-0.15, -0.1) is 0 Å². The van der Waals surface area contributed by atoms with Crippen LogP contribution in [0.1, 0.15) is 5.56 Å². The first-order chi connectivity index (χ1) is 14.2. The maximum Gasteiger partial charge on any atom is 0.261 e. The zero-order valence-electron chi connectivity index (χ0n) is 15.3. The van der Waals surface area contributed by atoms with Crippen molar-refractivity contribution >= 4 is 33.4 Å². The summed E-state index contributed by atoms with van der Waals surface area (Å²) in [5.41, 5.74) is 0.781. The molecule has 0 aliphatic rings. The van der Waals surface area contributed by atoms with Crippen LogP contribution in [-0.2, 0) is 14.8 Å². The Kier molecular flexibility index (Phi) is 6.22. The number of benzene rings is 3. The Morgan fingerprint density at radius 1 is 0.800 bits per heavy atom. The zero-order chi connectivity index (χ0) is 21.7. The second kappa shape index (κ2) is 8.83. The molecule has 0 spiro atoms. The van der Waals surface area contributed by atoms with Crippen molar-refractivity contribution in [3.05, 3.63) is 95.8 Å². The second-order valence-electron chi connectivity index (χ2n) is 6.10. The number of hydrogen-bond donors (Lipinski definition) is 2. The Morgan fingerprint density at radius 2 is 1.47 bits per heavy atom. The van der Waals surface area contributed by atoms with Crippen molar-refractivity contribution in [2.75, 3.05) is 10.0 Å². The van der Waals surface area contributed by atoms with Crippen LogP contribution in [-0.4, -0.2) is 14.3 Å². The second-order valence-corrected chi connectivity index (χ2v) is 7.79. The van der Waals surface area contributed by atoms with Crippen molar-refractivity contribution in [3.63, 3.8) is 0 Å². The first-order valence-corrected chi connectivity index (χ1v) is 10.0. The first-order valence-electron chi connectivity index (χ1n) is 8.56. The summed E-state index contributed by atoms with van der Waals surface area (Å²) in [5, 5.41) is 2.55. The van der Waals surface area contributed by atoms with Gasteiger partial charge in [0.1, 0.15) is 5.82 Å². The van der Waals surface area contributed by atoms with Gasteiger partial charge in [-0.3, -0.25) is 9.52 Å². The van der Waals surface area contributed by atoms with Crippen LogP contribution in [0, 0.1) is 17.5 Å². The van der Waals surface area contributed by atoms with Crippen molar-refractivity contribution in [1.29, 1.82) is 0 Å². The smallest absolute Gasteiger partial charge is 0.261 e. The zero-order valence-corrected chi connectivity index (χ0v) is 16.1. The summed E-state index contributed by atoms with van der Waals surface area (Å²) in [6.45, 7) is 0. The van der Waals surface area contributed by atoms with Crippen LogP contribution in [0.5, 0.6) is 0 Å². The van der Waals surface area contributed by atoms with E-state index in [9.17, 15) is 26.4 Å². The van der Waals surface area contributed by atoms with Crippen LogP contribution in [0.4, 0.5) is 24.5 Å². The molecule has 0 radical (unpaired) electrons. The largest absolute Gasteiger partial charge is 0.323 e. The van der Waals surface area contributed by atoms with Gasteiger partial charge in [0.2, 0.25) is 5.91 Å². The quantitative estimate of drug-likeness (QED) is 0.561. The minimum atomic E-state index is -4.12. The molecule has 0 aromatic heterocycles. The molecule has 0 saturated carbocycles. The minimum Gasteiger partial charge on any atom is -0.323 e. The summed E-state index contributed by atoms with van der Waals surface area (Å²) in [6.07, 6.45) is 2.49. The van der Waals surface area contributed by atoms with Crippen molar-refractivity contribution in [3.8, 4) is 0 Å². The lowest BCUT2D eigenvalue weighted by molar-refractivity contribution is -0.111. The number of nitrogens with one attached hydrogen (secondary N) is 2. The normalized spacial score (nSPS) is 11.4. The summed E-state index contributed by atoms with van der Waals surface area (Å²) in [7, 11) is -4.12. The fourth-order valence-electron chi connectivity index (χ4n) is 2.44. The maximum atomic E-state index is 13.5. The van der Waals surface area contributed by atoms with Crippen LogP contribution < -0.4 is 10.0 Å². The predicted molar refractivity (Wildman–Crippen MR) is 108 cm³/mol. The molecule has 30 heavy (non-hydrogen) atoms. The molecule has 0 bridgehead atoms. The Labute approximate surface area is 170 Å². The molecule has 9 heteroatoms. The van der Waals surface area contributed by atoms with Gasteiger partial charge in [0.25, 0.3) is 10.0 Å². The maximum absolute atomic E-state index is 13.5. The van der Waals surface area contributed by atoms with E-state index >= 15 is 0 Å². The molecule has 0 saturated heterocycles. The van der Waals surface area contributed by atoms with E-state index in [0.29, 0.717) is 11.8 Å². The van der Waals surface area contributed by atoms with Crippen LogP contribution in [0.25, 0.3) is 6.08 Å². The Bertz CT molecular complexity index is 1210. The summed E-state index contributed by atoms with van der Waals surface area (Å²) in [6, 6.07) is 13.9. The first kappa shape index (κ1) is 21.1. The van der Waals surface area contributed by atoms with E-state index in [0.717, 1.165) is 18.2 Å². The molecule has 0 aliphatic carbocycles. The number of carbonyl (C=O) groups excluding carboxylic acids is 1. The summed E-state index contributed by atoms with van der Waals surface area (Å²) < 4.78 is 66.6. The van der Waals surface area contributed by atoms with Gasteiger partial charge in [0.15, 0.2) is 11.6 Å². The number of hydrogen-bond acceptors (Lipinski definition) is 3. The number of sulfonamides is 1. The number of rotatable bonds is 6. The van der Waals surface area contributed by atoms with E-state index in [-0.39, 0.29) is 11.3 Å². The standard InChI is InChI=1S/C21H15F3N2O3S/c22-18-4-2-1-3-14(18)5-12-21(27)25-15-6-8-16(9-7-15)26-30(28,29)17-10-11-19(23)20(24)13-17/h1-13,26H,(H,25,27)/b12-5+. The van der Waals surface area contributed by atoms with Gasteiger partial charge in [0.05, 0.1) is 4.90 Å². The fraction of sp³-hybridized carbons (Fsp3) is 0. The highest BCUT2D eigenvalue weighted by Gasteiger charge is 2.16. The van der Waals surface area contributed by atoms with E-state index in [1.807, 2.05) is 0 Å². The van der Waals surface area contributed by atoms with Crippen LogP contribution >= 0.6 is 0 Å². The van der Waals surface area contributed by atoms with Gasteiger partial charge in [0, 0.05) is 23.0 Å². The van der Waals surface area contributed by atoms with E-state index in [4.69, 9.17) is 0 Å². The van der Waals surface area contributed by atoms with Crippen molar-refractivity contribution < 1.29 is 26.4 Å². The van der Waals surface area contributed by atoms with E-state index in [2.05, 4.69) is 10.0 Å². The van der Waals surface area contributed by atoms with Gasteiger partial charge >= 0.3 is 0 Å². The lowest BCUT2D eigenvalue weighted by atomic mass is 10.2. The van der Waals surface area contributed by atoms with E-state index in [1.165, 1.54) is 48.5 Å². The number of anilines is 2. The highest BCUT2D eigenvalue weighted by molar-refractivity contribution is 7.92. The molecule has 154 valence electrons. The SMILES string of the molecule is O=C(/C=C/c1ccccc1F)Nc1ccc(NS(=O)(=O)c2ccc(F)c(F)c2)cc1. The number of carbonyl (C=O) groups is 1. The molecule has 1 amide bonds. The molecule has 0 fully saturated rings. The molecule has 3 rings (SSSR count). The minimum absolute atomic E-state index is 0.152. The lowest BCUT2D eigenvalue weighted by Crippen LogP contribution is -2.13. The Hall–Kier alpha value is -3.59. The molecule has 0 aliphatic heterocycles. The molecular formula is C21H15F3N2O3S. The fourth-order valence-corrected chi connectivity index (χ4v) is 3.51. The van der Waals surface area contributed by atoms with Gasteiger partial charge in [-0.25, -0.2) is 21.6 Å². The molecule has 3 aromatic rings. The summed E-state index contributed by atoms with van der Waals surface area (Å²) >= 11 is 0. The number of amides is 1. The van der Waals surface area contributed by atoms with Gasteiger partial charge in [-0.05, 0) is 54.6 Å².